The number of aromatic nitrogens is 4. The largest absolute Gasteiger partial charge is 0.296 e. The van der Waals surface area contributed by atoms with Gasteiger partial charge in [0, 0.05) is 19.4 Å². The number of fused-ring (bicyclic) bond motifs is 2. The number of hydrogen-bond donors (Lipinski definition) is 1. The highest BCUT2D eigenvalue weighted by molar-refractivity contribution is 7.21. The Bertz CT molecular complexity index is 1070. The summed E-state index contributed by atoms with van der Waals surface area (Å²) in [6.07, 6.45) is 5.81. The summed E-state index contributed by atoms with van der Waals surface area (Å²) in [4.78, 5) is 31.6. The molecule has 4 rings (SSSR count). The molecule has 9 heteroatoms. The van der Waals surface area contributed by atoms with E-state index in [-0.39, 0.29) is 11.5 Å². The molecular weight excluding hydrogens is 382 g/mol. The molecule has 7 nitrogen and oxygen atoms in total. The molecule has 0 saturated carbocycles. The molecule has 0 radical (unpaired) electrons. The third-order valence-electron chi connectivity index (χ3n) is 4.77. The van der Waals surface area contributed by atoms with Crippen molar-refractivity contribution in [2.45, 2.75) is 58.9 Å². The Morgan fingerprint density at radius 2 is 2.07 bits per heavy atom. The minimum absolute atomic E-state index is 0.0224. The second-order valence-corrected chi connectivity index (χ2v) is 8.80. The third-order valence-corrected chi connectivity index (χ3v) is 6.85. The molecule has 1 N–H and O–H groups in total. The quantitative estimate of drug-likeness (QED) is 0.719. The Labute approximate surface area is 164 Å². The lowest BCUT2D eigenvalue weighted by atomic mass is 10.2. The number of hydrogen-bond acceptors (Lipinski definition) is 7. The molecule has 0 bridgehead atoms. The van der Waals surface area contributed by atoms with Crippen LogP contribution < -0.4 is 10.9 Å². The van der Waals surface area contributed by atoms with Crippen LogP contribution in [0.1, 0.15) is 58.7 Å². The van der Waals surface area contributed by atoms with E-state index in [0.717, 1.165) is 49.4 Å². The summed E-state index contributed by atoms with van der Waals surface area (Å²) in [7, 11) is 0. The van der Waals surface area contributed by atoms with Crippen molar-refractivity contribution < 1.29 is 4.79 Å². The van der Waals surface area contributed by atoms with Gasteiger partial charge in [-0.1, -0.05) is 24.7 Å². The highest BCUT2D eigenvalue weighted by atomic mass is 32.1. The fraction of sp³-hybridized carbons (Fsp3) is 0.500. The van der Waals surface area contributed by atoms with Crippen molar-refractivity contribution in [3.63, 3.8) is 0 Å². The number of aryl methyl sites for hydroxylation is 3. The van der Waals surface area contributed by atoms with Gasteiger partial charge in [-0.05, 0) is 31.7 Å². The van der Waals surface area contributed by atoms with Gasteiger partial charge in [-0.25, -0.2) is 4.98 Å². The second-order valence-electron chi connectivity index (χ2n) is 6.74. The summed E-state index contributed by atoms with van der Waals surface area (Å²) in [6.45, 7) is 4.61. The van der Waals surface area contributed by atoms with Crippen molar-refractivity contribution in [3.05, 3.63) is 31.6 Å². The van der Waals surface area contributed by atoms with Crippen LogP contribution in [0.4, 0.5) is 5.13 Å². The standard InChI is InChI=1S/C18H21N5O2S2/c1-3-7-12-21-22-18(26-12)20-15(24)14-10(2)13-16(27-14)19-11-8-5-4-6-9-23(11)17(13)25/h3-9H2,1-2H3,(H,20,22,24). The van der Waals surface area contributed by atoms with Crippen LogP contribution >= 0.6 is 22.7 Å². The maximum atomic E-state index is 13.0. The van der Waals surface area contributed by atoms with Crippen LogP contribution in [0, 0.1) is 6.92 Å². The third kappa shape index (κ3) is 3.41. The van der Waals surface area contributed by atoms with Gasteiger partial charge in [0.1, 0.15) is 15.7 Å². The van der Waals surface area contributed by atoms with E-state index in [2.05, 4.69) is 22.4 Å². The van der Waals surface area contributed by atoms with E-state index in [1.165, 1.54) is 22.7 Å². The molecule has 1 amide bonds. The predicted octanol–water partition coefficient (Wildman–Crippen LogP) is 3.55. The molecule has 0 saturated heterocycles. The fourth-order valence-corrected chi connectivity index (χ4v) is 5.32. The second kappa shape index (κ2) is 7.47. The molecular formula is C18H21N5O2S2. The Hall–Kier alpha value is -2.13. The van der Waals surface area contributed by atoms with E-state index in [1.54, 1.807) is 4.57 Å². The topological polar surface area (TPSA) is 89.8 Å². The Morgan fingerprint density at radius 3 is 2.89 bits per heavy atom. The van der Waals surface area contributed by atoms with E-state index < -0.39 is 0 Å². The van der Waals surface area contributed by atoms with Gasteiger partial charge in [-0.15, -0.1) is 21.5 Å². The zero-order valence-corrected chi connectivity index (χ0v) is 17.0. The average Bonchev–Trinajstić information content (AvgIpc) is 3.12. The fourth-order valence-electron chi connectivity index (χ4n) is 3.40. The number of rotatable bonds is 4. The highest BCUT2D eigenvalue weighted by Crippen LogP contribution is 2.29. The van der Waals surface area contributed by atoms with Crippen LogP contribution in [-0.4, -0.2) is 25.7 Å². The minimum Gasteiger partial charge on any atom is -0.296 e. The lowest BCUT2D eigenvalue weighted by molar-refractivity contribution is 0.103. The van der Waals surface area contributed by atoms with Crippen LogP contribution in [0.2, 0.25) is 0 Å². The van der Waals surface area contributed by atoms with E-state index in [4.69, 9.17) is 4.98 Å². The number of amides is 1. The van der Waals surface area contributed by atoms with Crippen LogP contribution in [0.25, 0.3) is 10.2 Å². The van der Waals surface area contributed by atoms with Gasteiger partial charge in [0.25, 0.3) is 11.5 Å². The van der Waals surface area contributed by atoms with Gasteiger partial charge in [-0.3, -0.25) is 19.5 Å². The number of thiophene rings is 1. The molecule has 0 spiro atoms. The zero-order chi connectivity index (χ0) is 19.0. The monoisotopic (exact) mass is 403 g/mol. The number of nitrogens with zero attached hydrogens (tertiary/aromatic N) is 4. The van der Waals surface area contributed by atoms with E-state index >= 15 is 0 Å². The molecule has 0 atom stereocenters. The molecule has 142 valence electrons. The van der Waals surface area contributed by atoms with Gasteiger partial charge >= 0.3 is 0 Å². The maximum Gasteiger partial charge on any atom is 0.267 e. The summed E-state index contributed by atoms with van der Waals surface area (Å²) >= 11 is 2.67. The molecule has 1 aliphatic rings. The molecule has 4 heterocycles. The summed E-state index contributed by atoms with van der Waals surface area (Å²) in [5, 5.41) is 12.9. The lowest BCUT2D eigenvalue weighted by Crippen LogP contribution is -2.24. The SMILES string of the molecule is CCCc1nnc(NC(=O)c2sc3nc4n(c(=O)c3c2C)CCCCC4)s1. The summed E-state index contributed by atoms with van der Waals surface area (Å²) in [5.74, 6) is 0.584. The molecule has 1 aliphatic heterocycles. The van der Waals surface area contributed by atoms with E-state index in [9.17, 15) is 9.59 Å². The first-order valence-electron chi connectivity index (χ1n) is 9.25. The van der Waals surface area contributed by atoms with Gasteiger partial charge in [-0.2, -0.15) is 0 Å². The molecule has 0 aliphatic carbocycles. The summed E-state index contributed by atoms with van der Waals surface area (Å²) in [5.41, 5.74) is 0.675. The van der Waals surface area contributed by atoms with Gasteiger partial charge in [0.2, 0.25) is 5.13 Å². The average molecular weight is 404 g/mol. The molecule has 3 aromatic rings. The normalized spacial score (nSPS) is 14.1. The minimum atomic E-state index is -0.255. The Balaban J connectivity index is 1.69. The molecule has 27 heavy (non-hydrogen) atoms. The number of carbonyl (C=O) groups excluding carboxylic acids is 1. The molecule has 0 fully saturated rings. The smallest absolute Gasteiger partial charge is 0.267 e. The van der Waals surface area contributed by atoms with Crippen molar-refractivity contribution in [2.24, 2.45) is 0 Å². The van der Waals surface area contributed by atoms with Crippen LogP contribution in [0.15, 0.2) is 4.79 Å². The van der Waals surface area contributed by atoms with Crippen molar-refractivity contribution in [1.82, 2.24) is 19.7 Å². The van der Waals surface area contributed by atoms with Crippen LogP contribution in [-0.2, 0) is 19.4 Å². The van der Waals surface area contributed by atoms with Crippen LogP contribution in [0.3, 0.4) is 0 Å². The predicted molar refractivity (Wildman–Crippen MR) is 108 cm³/mol. The van der Waals surface area contributed by atoms with Gasteiger partial charge in [0.15, 0.2) is 0 Å². The Kier molecular flexibility index (Phi) is 5.05. The summed E-state index contributed by atoms with van der Waals surface area (Å²) in [6, 6.07) is 0. The van der Waals surface area contributed by atoms with Crippen molar-refractivity contribution in [2.75, 3.05) is 5.32 Å². The zero-order valence-electron chi connectivity index (χ0n) is 15.4. The number of anilines is 1. The highest BCUT2D eigenvalue weighted by Gasteiger charge is 2.23. The molecule has 0 aromatic carbocycles. The van der Waals surface area contributed by atoms with Gasteiger partial charge < -0.3 is 0 Å². The maximum absolute atomic E-state index is 13.0. The van der Waals surface area contributed by atoms with Gasteiger partial charge in [0.05, 0.1) is 10.3 Å². The number of nitrogens with one attached hydrogen (secondary N) is 1. The Morgan fingerprint density at radius 1 is 1.22 bits per heavy atom. The summed E-state index contributed by atoms with van der Waals surface area (Å²) < 4.78 is 1.79. The molecule has 3 aromatic heterocycles. The first-order valence-corrected chi connectivity index (χ1v) is 10.9. The van der Waals surface area contributed by atoms with Crippen molar-refractivity contribution in [1.29, 1.82) is 0 Å². The van der Waals surface area contributed by atoms with E-state index in [1.807, 2.05) is 6.92 Å². The molecule has 0 unspecified atom stereocenters. The van der Waals surface area contributed by atoms with E-state index in [0.29, 0.717) is 32.3 Å². The lowest BCUT2D eigenvalue weighted by Gasteiger charge is -2.08. The first kappa shape index (κ1) is 18.2. The first-order chi connectivity index (χ1) is 13.1. The number of carbonyl (C=O) groups is 1. The van der Waals surface area contributed by atoms with Crippen molar-refractivity contribution in [3.8, 4) is 0 Å². The van der Waals surface area contributed by atoms with Crippen LogP contribution in [0.5, 0.6) is 0 Å². The van der Waals surface area contributed by atoms with Crippen molar-refractivity contribution >= 4 is 43.9 Å².